The van der Waals surface area contributed by atoms with Gasteiger partial charge < -0.3 is 15.2 Å². The van der Waals surface area contributed by atoms with E-state index in [1.165, 1.54) is 11.0 Å². The minimum absolute atomic E-state index is 0.209. The van der Waals surface area contributed by atoms with Gasteiger partial charge in [-0.3, -0.25) is 0 Å². The van der Waals surface area contributed by atoms with Gasteiger partial charge in [-0.15, -0.1) is 0 Å². The monoisotopic (exact) mass is 172 g/mol. The average Bonchev–Trinajstić information content (AvgIpc) is 2.34. The Morgan fingerprint density at radius 1 is 1.92 bits per heavy atom. The van der Waals surface area contributed by atoms with Gasteiger partial charge in [0.05, 0.1) is 12.6 Å². The van der Waals surface area contributed by atoms with Crippen LogP contribution < -0.4 is 0 Å². The molecule has 0 aliphatic rings. The molecule has 0 aliphatic heterocycles. The van der Waals surface area contributed by atoms with E-state index in [0.29, 0.717) is 0 Å². The Balaban J connectivity index is 2.71. The first kappa shape index (κ1) is 8.60. The third kappa shape index (κ3) is 1.99. The van der Waals surface area contributed by atoms with E-state index in [0.717, 1.165) is 0 Å². The van der Waals surface area contributed by atoms with Crippen molar-refractivity contribution in [2.24, 2.45) is 0 Å². The van der Waals surface area contributed by atoms with Crippen molar-refractivity contribution in [1.82, 2.24) is 14.8 Å². The highest BCUT2D eigenvalue weighted by molar-refractivity contribution is 4.96. The van der Waals surface area contributed by atoms with Crippen LogP contribution >= 0.6 is 0 Å². The van der Waals surface area contributed by atoms with Crippen molar-refractivity contribution in [1.29, 1.82) is 0 Å². The van der Waals surface area contributed by atoms with Gasteiger partial charge in [0.1, 0.15) is 0 Å². The Kier molecular flexibility index (Phi) is 2.34. The number of aliphatic hydroxyl groups is 1. The molecule has 1 heterocycles. The molecule has 0 radical (unpaired) electrons. The van der Waals surface area contributed by atoms with Crippen LogP contribution in [0.25, 0.3) is 0 Å². The molecule has 0 saturated carbocycles. The average molecular weight is 172 g/mol. The standard InChI is InChI=1S/C5H8N4O3/c1-4(10)2-8-3-6-5(7-8)9(11)12/h3-4,10H,2H2,1H3/t4-/m1/s1. The van der Waals surface area contributed by atoms with Crippen LogP contribution in [0.5, 0.6) is 0 Å². The van der Waals surface area contributed by atoms with E-state index in [-0.39, 0.29) is 6.54 Å². The van der Waals surface area contributed by atoms with Gasteiger partial charge in [0, 0.05) is 5.10 Å². The lowest BCUT2D eigenvalue weighted by Gasteiger charge is -1.97. The fraction of sp³-hybridized carbons (Fsp3) is 0.600. The molecule has 66 valence electrons. The van der Waals surface area contributed by atoms with Gasteiger partial charge in [0.15, 0.2) is 0 Å². The zero-order valence-corrected chi connectivity index (χ0v) is 6.41. The van der Waals surface area contributed by atoms with E-state index in [9.17, 15) is 10.1 Å². The van der Waals surface area contributed by atoms with E-state index < -0.39 is 17.0 Å². The van der Waals surface area contributed by atoms with Crippen LogP contribution in [-0.2, 0) is 6.54 Å². The quantitative estimate of drug-likeness (QED) is 0.493. The summed E-state index contributed by atoms with van der Waals surface area (Å²) in [6.45, 7) is 1.77. The second-order valence-electron chi connectivity index (χ2n) is 2.37. The summed E-state index contributed by atoms with van der Waals surface area (Å²) >= 11 is 0. The summed E-state index contributed by atoms with van der Waals surface area (Å²) in [6, 6.07) is 0. The zero-order valence-electron chi connectivity index (χ0n) is 6.41. The van der Waals surface area contributed by atoms with Crippen molar-refractivity contribution >= 4 is 5.95 Å². The topological polar surface area (TPSA) is 94.1 Å². The van der Waals surface area contributed by atoms with Gasteiger partial charge in [0.2, 0.25) is 6.33 Å². The molecule has 1 atom stereocenters. The molecular weight excluding hydrogens is 164 g/mol. The molecule has 1 aromatic rings. The molecule has 0 aliphatic carbocycles. The lowest BCUT2D eigenvalue weighted by molar-refractivity contribution is -0.394. The van der Waals surface area contributed by atoms with E-state index in [1.807, 2.05) is 0 Å². The van der Waals surface area contributed by atoms with Gasteiger partial charge in [-0.2, -0.15) is 4.68 Å². The molecule has 0 spiro atoms. The molecule has 1 N–H and O–H groups in total. The third-order valence-electron chi connectivity index (χ3n) is 1.14. The van der Waals surface area contributed by atoms with Crippen molar-refractivity contribution < 1.29 is 10.0 Å². The second kappa shape index (κ2) is 3.26. The van der Waals surface area contributed by atoms with Crippen molar-refractivity contribution in [2.45, 2.75) is 19.6 Å². The molecule has 7 nitrogen and oxygen atoms in total. The Labute approximate surface area is 67.8 Å². The van der Waals surface area contributed by atoms with Crippen LogP contribution in [-0.4, -0.2) is 30.9 Å². The van der Waals surface area contributed by atoms with Crippen LogP contribution in [0.15, 0.2) is 6.33 Å². The van der Waals surface area contributed by atoms with Gasteiger partial charge in [-0.25, -0.2) is 0 Å². The first-order valence-electron chi connectivity index (χ1n) is 3.31. The highest BCUT2D eigenvalue weighted by Crippen LogP contribution is 1.99. The predicted molar refractivity (Wildman–Crippen MR) is 38.4 cm³/mol. The summed E-state index contributed by atoms with van der Waals surface area (Å²) in [5, 5.41) is 22.5. The SMILES string of the molecule is C[C@@H](O)Cn1cnc([N+](=O)[O-])n1. The largest absolute Gasteiger partial charge is 0.490 e. The van der Waals surface area contributed by atoms with E-state index in [1.54, 1.807) is 6.92 Å². The lowest BCUT2D eigenvalue weighted by atomic mass is 10.4. The first-order chi connectivity index (χ1) is 5.59. The molecule has 12 heavy (non-hydrogen) atoms. The van der Waals surface area contributed by atoms with Gasteiger partial charge in [-0.05, 0) is 11.8 Å². The van der Waals surface area contributed by atoms with Crippen LogP contribution in [0.2, 0.25) is 0 Å². The Bertz CT molecular complexity index is 282. The number of rotatable bonds is 3. The minimum Gasteiger partial charge on any atom is -0.391 e. The smallest absolute Gasteiger partial charge is 0.391 e. The first-order valence-corrected chi connectivity index (χ1v) is 3.31. The summed E-state index contributed by atoms with van der Waals surface area (Å²) in [5.41, 5.74) is 0. The van der Waals surface area contributed by atoms with Crippen molar-refractivity contribution in [2.75, 3.05) is 0 Å². The molecule has 0 unspecified atom stereocenters. The molecule has 1 rings (SSSR count). The molecule has 1 aromatic heterocycles. The maximum atomic E-state index is 10.1. The van der Waals surface area contributed by atoms with Crippen LogP contribution in [0.1, 0.15) is 6.92 Å². The van der Waals surface area contributed by atoms with Gasteiger partial charge in [0.25, 0.3) is 0 Å². The summed E-state index contributed by atoms with van der Waals surface area (Å²) in [6.07, 6.45) is 0.622. The van der Waals surface area contributed by atoms with Gasteiger partial charge in [-0.1, -0.05) is 4.98 Å². The Morgan fingerprint density at radius 2 is 2.58 bits per heavy atom. The number of hydrogen-bond acceptors (Lipinski definition) is 5. The minimum atomic E-state index is -0.682. The fourth-order valence-electron chi connectivity index (χ4n) is 0.727. The number of hydrogen-bond donors (Lipinski definition) is 1. The van der Waals surface area contributed by atoms with E-state index in [4.69, 9.17) is 5.11 Å². The highest BCUT2D eigenvalue weighted by Gasteiger charge is 2.13. The molecule has 0 fully saturated rings. The highest BCUT2D eigenvalue weighted by atomic mass is 16.6. The molecule has 0 aromatic carbocycles. The summed E-state index contributed by atoms with van der Waals surface area (Å²) < 4.78 is 1.23. The Morgan fingerprint density at radius 3 is 3.00 bits per heavy atom. The van der Waals surface area contributed by atoms with Crippen LogP contribution in [0.3, 0.4) is 0 Å². The third-order valence-corrected chi connectivity index (χ3v) is 1.14. The van der Waals surface area contributed by atoms with Crippen molar-refractivity contribution in [3.63, 3.8) is 0 Å². The maximum absolute atomic E-state index is 10.1. The number of aliphatic hydroxyl groups excluding tert-OH is 1. The van der Waals surface area contributed by atoms with Crippen molar-refractivity contribution in [3.8, 4) is 0 Å². The molecule has 7 heteroatoms. The van der Waals surface area contributed by atoms with Crippen molar-refractivity contribution in [3.05, 3.63) is 16.4 Å². The number of nitrogens with zero attached hydrogens (tertiary/aromatic N) is 4. The second-order valence-corrected chi connectivity index (χ2v) is 2.37. The van der Waals surface area contributed by atoms with Gasteiger partial charge >= 0.3 is 5.95 Å². The number of nitro groups is 1. The maximum Gasteiger partial charge on any atom is 0.490 e. The molecule has 0 amide bonds. The normalized spacial score (nSPS) is 12.8. The summed E-state index contributed by atoms with van der Waals surface area (Å²) in [4.78, 5) is 12.8. The summed E-state index contributed by atoms with van der Waals surface area (Å²) in [5.74, 6) is -0.448. The zero-order chi connectivity index (χ0) is 9.14. The molecule has 0 saturated heterocycles. The molecular formula is C5H8N4O3. The summed E-state index contributed by atoms with van der Waals surface area (Å²) in [7, 11) is 0. The van der Waals surface area contributed by atoms with E-state index in [2.05, 4.69) is 10.1 Å². The van der Waals surface area contributed by atoms with Crippen LogP contribution in [0, 0.1) is 10.1 Å². The lowest BCUT2D eigenvalue weighted by Crippen LogP contribution is -2.12. The van der Waals surface area contributed by atoms with Crippen LogP contribution in [0.4, 0.5) is 5.95 Å². The van der Waals surface area contributed by atoms with E-state index >= 15 is 0 Å². The predicted octanol–water partition coefficient (Wildman–Crippen LogP) is -0.433. The Hall–Kier alpha value is -1.50. The number of aromatic nitrogens is 3. The molecule has 0 bridgehead atoms. The fourth-order valence-corrected chi connectivity index (χ4v) is 0.727.